The Morgan fingerprint density at radius 1 is 1.04 bits per heavy atom. The number of hydrogen-bond donors (Lipinski definition) is 1. The van der Waals surface area contributed by atoms with Crippen molar-refractivity contribution in [2.45, 2.75) is 25.4 Å². The number of piperidine rings is 1. The Labute approximate surface area is 139 Å². The molecule has 0 aromatic heterocycles. The number of hydrogen-bond acceptors (Lipinski definition) is 3. The van der Waals surface area contributed by atoms with Crippen LogP contribution < -0.4 is 5.32 Å². The molecule has 126 valence electrons. The van der Waals surface area contributed by atoms with Gasteiger partial charge in [0, 0.05) is 38.8 Å². The van der Waals surface area contributed by atoms with Gasteiger partial charge in [-0.1, -0.05) is 30.3 Å². The minimum atomic E-state index is 0.0666. The highest BCUT2D eigenvalue weighted by atomic mass is 16.2. The topological polar surface area (TPSA) is 38.8 Å². The van der Waals surface area contributed by atoms with Crippen LogP contribution >= 0.6 is 0 Å². The predicted octanol–water partition coefficient (Wildman–Crippen LogP) is 1.61. The zero-order chi connectivity index (χ0) is 16.1. The molecule has 2 aliphatic rings. The standard InChI is InChI=1S/C18H28N4O/c1-20-9-7-17(8-10-20)21-11-13-22(14-12-21)18(23)19-15-16-5-3-2-4-6-16/h2-6,17H,7-15H2,1H3,(H,19,23). The van der Waals surface area contributed by atoms with Crippen molar-refractivity contribution >= 4 is 6.03 Å². The maximum atomic E-state index is 12.3. The van der Waals surface area contributed by atoms with Gasteiger partial charge in [-0.3, -0.25) is 4.90 Å². The highest BCUT2D eigenvalue weighted by Gasteiger charge is 2.27. The first-order valence-electron chi connectivity index (χ1n) is 8.71. The van der Waals surface area contributed by atoms with Gasteiger partial charge in [0.15, 0.2) is 0 Å². The molecule has 2 fully saturated rings. The highest BCUT2D eigenvalue weighted by molar-refractivity contribution is 5.74. The second-order valence-corrected chi connectivity index (χ2v) is 6.70. The quantitative estimate of drug-likeness (QED) is 0.921. The molecular formula is C18H28N4O. The van der Waals surface area contributed by atoms with Crippen molar-refractivity contribution in [3.05, 3.63) is 35.9 Å². The summed E-state index contributed by atoms with van der Waals surface area (Å²) in [7, 11) is 2.20. The Balaban J connectivity index is 1.40. The van der Waals surface area contributed by atoms with Gasteiger partial charge in [-0.05, 0) is 38.5 Å². The van der Waals surface area contributed by atoms with Crippen LogP contribution in [0.2, 0.25) is 0 Å². The third kappa shape index (κ3) is 4.45. The summed E-state index contributed by atoms with van der Waals surface area (Å²) in [5.41, 5.74) is 1.14. The molecule has 1 N–H and O–H groups in total. The van der Waals surface area contributed by atoms with Gasteiger partial charge in [0.1, 0.15) is 0 Å². The number of rotatable bonds is 3. The normalized spacial score (nSPS) is 21.3. The lowest BCUT2D eigenvalue weighted by molar-refractivity contribution is 0.0749. The zero-order valence-electron chi connectivity index (χ0n) is 14.1. The summed E-state index contributed by atoms with van der Waals surface area (Å²) < 4.78 is 0. The van der Waals surface area contributed by atoms with E-state index in [1.165, 1.54) is 25.9 Å². The largest absolute Gasteiger partial charge is 0.334 e. The SMILES string of the molecule is CN1CCC(N2CCN(C(=O)NCc3ccccc3)CC2)CC1. The maximum Gasteiger partial charge on any atom is 0.317 e. The van der Waals surface area contributed by atoms with Gasteiger partial charge >= 0.3 is 6.03 Å². The number of benzene rings is 1. The fourth-order valence-electron chi connectivity index (χ4n) is 3.54. The molecule has 0 bridgehead atoms. The third-order valence-electron chi connectivity index (χ3n) is 5.09. The fraction of sp³-hybridized carbons (Fsp3) is 0.611. The van der Waals surface area contributed by atoms with E-state index in [4.69, 9.17) is 0 Å². The molecule has 2 saturated heterocycles. The molecule has 5 nitrogen and oxygen atoms in total. The minimum Gasteiger partial charge on any atom is -0.334 e. The molecule has 1 aromatic carbocycles. The van der Waals surface area contributed by atoms with E-state index in [-0.39, 0.29) is 6.03 Å². The van der Waals surface area contributed by atoms with Gasteiger partial charge in [-0.2, -0.15) is 0 Å². The average molecular weight is 316 g/mol. The predicted molar refractivity (Wildman–Crippen MR) is 92.3 cm³/mol. The molecular weight excluding hydrogens is 288 g/mol. The number of amides is 2. The van der Waals surface area contributed by atoms with E-state index < -0.39 is 0 Å². The van der Waals surface area contributed by atoms with Crippen molar-refractivity contribution in [1.29, 1.82) is 0 Å². The van der Waals surface area contributed by atoms with E-state index in [1.54, 1.807) is 0 Å². The Morgan fingerprint density at radius 3 is 2.35 bits per heavy atom. The number of carbonyl (C=O) groups excluding carboxylic acids is 1. The van der Waals surface area contributed by atoms with Crippen LogP contribution in [0.5, 0.6) is 0 Å². The maximum absolute atomic E-state index is 12.3. The molecule has 3 rings (SSSR count). The molecule has 23 heavy (non-hydrogen) atoms. The summed E-state index contributed by atoms with van der Waals surface area (Å²) in [5.74, 6) is 0. The lowest BCUT2D eigenvalue weighted by Gasteiger charge is -2.42. The van der Waals surface area contributed by atoms with Crippen LogP contribution in [0, 0.1) is 0 Å². The number of likely N-dealkylation sites (tertiary alicyclic amines) is 1. The van der Waals surface area contributed by atoms with E-state index in [0.29, 0.717) is 12.6 Å². The number of carbonyl (C=O) groups is 1. The van der Waals surface area contributed by atoms with Crippen LogP contribution in [-0.4, -0.2) is 73.1 Å². The van der Waals surface area contributed by atoms with Crippen LogP contribution in [0.4, 0.5) is 4.79 Å². The highest BCUT2D eigenvalue weighted by Crippen LogP contribution is 2.17. The molecule has 0 saturated carbocycles. The van der Waals surface area contributed by atoms with Crippen LogP contribution in [0.1, 0.15) is 18.4 Å². The Bertz CT molecular complexity index is 491. The molecule has 0 aliphatic carbocycles. The number of nitrogens with one attached hydrogen (secondary N) is 1. The van der Waals surface area contributed by atoms with Gasteiger partial charge in [0.2, 0.25) is 0 Å². The van der Waals surface area contributed by atoms with Gasteiger partial charge in [-0.15, -0.1) is 0 Å². The van der Waals surface area contributed by atoms with Crippen molar-refractivity contribution < 1.29 is 4.79 Å². The van der Waals surface area contributed by atoms with Crippen LogP contribution in [0.3, 0.4) is 0 Å². The van der Waals surface area contributed by atoms with E-state index in [0.717, 1.165) is 31.7 Å². The molecule has 0 unspecified atom stereocenters. The van der Waals surface area contributed by atoms with Crippen molar-refractivity contribution in [1.82, 2.24) is 20.0 Å². The number of urea groups is 1. The lowest BCUT2D eigenvalue weighted by atomic mass is 10.0. The molecule has 2 heterocycles. The Morgan fingerprint density at radius 2 is 1.70 bits per heavy atom. The fourth-order valence-corrected chi connectivity index (χ4v) is 3.54. The van der Waals surface area contributed by atoms with Crippen molar-refractivity contribution in [2.24, 2.45) is 0 Å². The minimum absolute atomic E-state index is 0.0666. The van der Waals surface area contributed by atoms with Crippen LogP contribution in [0.25, 0.3) is 0 Å². The smallest absolute Gasteiger partial charge is 0.317 e. The first-order valence-corrected chi connectivity index (χ1v) is 8.71. The monoisotopic (exact) mass is 316 g/mol. The van der Waals surface area contributed by atoms with Gasteiger partial charge < -0.3 is 15.1 Å². The van der Waals surface area contributed by atoms with E-state index >= 15 is 0 Å². The molecule has 1 aromatic rings. The van der Waals surface area contributed by atoms with Crippen LogP contribution in [0.15, 0.2) is 30.3 Å². The molecule has 2 aliphatic heterocycles. The summed E-state index contributed by atoms with van der Waals surface area (Å²) in [6, 6.07) is 10.9. The first-order chi connectivity index (χ1) is 11.2. The average Bonchev–Trinajstić information content (AvgIpc) is 2.61. The first kappa shape index (κ1) is 16.3. The van der Waals surface area contributed by atoms with Crippen molar-refractivity contribution in [3.8, 4) is 0 Å². The summed E-state index contributed by atoms with van der Waals surface area (Å²) in [6.07, 6.45) is 2.52. The molecule has 0 spiro atoms. The van der Waals surface area contributed by atoms with Gasteiger partial charge in [-0.25, -0.2) is 4.79 Å². The Hall–Kier alpha value is -1.59. The van der Waals surface area contributed by atoms with Crippen LogP contribution in [-0.2, 0) is 6.54 Å². The number of piperazine rings is 1. The molecule has 2 amide bonds. The Kier molecular flexibility index (Phi) is 5.51. The van der Waals surface area contributed by atoms with Crippen molar-refractivity contribution in [3.63, 3.8) is 0 Å². The summed E-state index contributed by atoms with van der Waals surface area (Å²) in [5, 5.41) is 3.03. The second kappa shape index (κ2) is 7.79. The van der Waals surface area contributed by atoms with E-state index in [2.05, 4.69) is 22.2 Å². The number of nitrogens with zero attached hydrogens (tertiary/aromatic N) is 3. The molecule has 5 heteroatoms. The summed E-state index contributed by atoms with van der Waals surface area (Å²) in [6.45, 7) is 6.69. The van der Waals surface area contributed by atoms with Crippen molar-refractivity contribution in [2.75, 3.05) is 46.3 Å². The summed E-state index contributed by atoms with van der Waals surface area (Å²) >= 11 is 0. The van der Waals surface area contributed by atoms with Gasteiger partial charge in [0.25, 0.3) is 0 Å². The molecule has 0 atom stereocenters. The van der Waals surface area contributed by atoms with Gasteiger partial charge in [0.05, 0.1) is 0 Å². The summed E-state index contributed by atoms with van der Waals surface area (Å²) in [4.78, 5) is 19.2. The third-order valence-corrected chi connectivity index (χ3v) is 5.09. The second-order valence-electron chi connectivity index (χ2n) is 6.70. The zero-order valence-corrected chi connectivity index (χ0v) is 14.1. The molecule has 0 radical (unpaired) electrons. The lowest BCUT2D eigenvalue weighted by Crippen LogP contribution is -2.55. The van der Waals surface area contributed by atoms with E-state index in [9.17, 15) is 4.79 Å². The van der Waals surface area contributed by atoms with E-state index in [1.807, 2.05) is 35.2 Å².